The van der Waals surface area contributed by atoms with Gasteiger partial charge >= 0.3 is 0 Å². The molecule has 1 heterocycles. The summed E-state index contributed by atoms with van der Waals surface area (Å²) in [6.45, 7) is 13.1. The summed E-state index contributed by atoms with van der Waals surface area (Å²) in [5.74, 6) is 0.682. The van der Waals surface area contributed by atoms with Crippen LogP contribution in [-0.4, -0.2) is 36.0 Å². The molecule has 0 bridgehead atoms. The summed E-state index contributed by atoms with van der Waals surface area (Å²) in [5.41, 5.74) is 0.911. The number of anilines is 1. The minimum absolute atomic E-state index is 0.00506. The van der Waals surface area contributed by atoms with Crippen LogP contribution in [0.5, 0.6) is 0 Å². The lowest BCUT2D eigenvalue weighted by atomic mass is 10.2. The zero-order valence-electron chi connectivity index (χ0n) is 13.9. The van der Waals surface area contributed by atoms with Crippen molar-refractivity contribution in [2.45, 2.75) is 47.1 Å². The van der Waals surface area contributed by atoms with E-state index in [9.17, 15) is 4.79 Å². The van der Waals surface area contributed by atoms with Crippen LogP contribution in [0.2, 0.25) is 0 Å². The molecular weight excluding hydrogens is 264 g/mol. The van der Waals surface area contributed by atoms with Gasteiger partial charge < -0.3 is 10.2 Å². The standard InChI is InChI=1S/C16H30N4O/c1-5-19(6-2)15-11-16(21)20(18-13-15)10-8-7-9-17-12-14(3)4/h11,13-14,17H,5-10,12H2,1-4H3. The maximum absolute atomic E-state index is 12.0. The Morgan fingerprint density at radius 1 is 1.29 bits per heavy atom. The lowest BCUT2D eigenvalue weighted by Crippen LogP contribution is -2.28. The van der Waals surface area contributed by atoms with E-state index in [-0.39, 0.29) is 5.56 Å². The van der Waals surface area contributed by atoms with Crippen LogP contribution in [0, 0.1) is 5.92 Å². The molecule has 0 aliphatic carbocycles. The van der Waals surface area contributed by atoms with E-state index in [0.717, 1.165) is 44.7 Å². The van der Waals surface area contributed by atoms with E-state index in [2.05, 4.69) is 43.0 Å². The fourth-order valence-electron chi connectivity index (χ4n) is 2.26. The van der Waals surface area contributed by atoms with Gasteiger partial charge in [-0.25, -0.2) is 4.68 Å². The maximum Gasteiger partial charge on any atom is 0.268 e. The Labute approximate surface area is 128 Å². The molecular formula is C16H30N4O. The zero-order chi connectivity index (χ0) is 15.7. The van der Waals surface area contributed by atoms with E-state index in [1.165, 1.54) is 0 Å². The van der Waals surface area contributed by atoms with Gasteiger partial charge in [-0.1, -0.05) is 13.8 Å². The van der Waals surface area contributed by atoms with Gasteiger partial charge in [-0.3, -0.25) is 4.79 Å². The number of rotatable bonds is 10. The first-order chi connectivity index (χ1) is 10.1. The molecule has 21 heavy (non-hydrogen) atoms. The van der Waals surface area contributed by atoms with Gasteiger partial charge in [0, 0.05) is 25.7 Å². The second-order valence-corrected chi connectivity index (χ2v) is 5.75. The second-order valence-electron chi connectivity index (χ2n) is 5.75. The molecule has 0 spiro atoms. The Morgan fingerprint density at radius 3 is 2.57 bits per heavy atom. The van der Waals surface area contributed by atoms with Crippen LogP contribution in [0.15, 0.2) is 17.1 Å². The van der Waals surface area contributed by atoms with Gasteiger partial charge in [-0.2, -0.15) is 5.10 Å². The minimum atomic E-state index is -0.00506. The van der Waals surface area contributed by atoms with E-state index in [0.29, 0.717) is 12.5 Å². The number of unbranched alkanes of at least 4 members (excludes halogenated alkanes) is 1. The quantitative estimate of drug-likeness (QED) is 0.672. The molecule has 0 aliphatic heterocycles. The lowest BCUT2D eigenvalue weighted by Gasteiger charge is -2.20. The molecule has 0 saturated carbocycles. The van der Waals surface area contributed by atoms with Crippen molar-refractivity contribution in [2.75, 3.05) is 31.1 Å². The first-order valence-corrected chi connectivity index (χ1v) is 8.11. The van der Waals surface area contributed by atoms with Gasteiger partial charge in [0.2, 0.25) is 0 Å². The first kappa shape index (κ1) is 17.7. The number of aromatic nitrogens is 2. The molecule has 0 unspecified atom stereocenters. The molecule has 1 rings (SSSR count). The zero-order valence-corrected chi connectivity index (χ0v) is 13.9. The Bertz CT molecular complexity index is 452. The molecule has 5 nitrogen and oxygen atoms in total. The van der Waals surface area contributed by atoms with E-state index < -0.39 is 0 Å². The van der Waals surface area contributed by atoms with Crippen molar-refractivity contribution in [2.24, 2.45) is 5.92 Å². The minimum Gasteiger partial charge on any atom is -0.371 e. The van der Waals surface area contributed by atoms with Crippen molar-refractivity contribution < 1.29 is 0 Å². The van der Waals surface area contributed by atoms with Crippen molar-refractivity contribution in [1.82, 2.24) is 15.1 Å². The summed E-state index contributed by atoms with van der Waals surface area (Å²) < 4.78 is 1.56. The molecule has 0 radical (unpaired) electrons. The highest BCUT2D eigenvalue weighted by Crippen LogP contribution is 2.08. The Kier molecular flexibility index (Phi) is 8.05. The predicted octanol–water partition coefficient (Wildman–Crippen LogP) is 2.12. The van der Waals surface area contributed by atoms with Crippen LogP contribution >= 0.6 is 0 Å². The molecule has 1 aromatic rings. The van der Waals surface area contributed by atoms with Gasteiger partial charge in [-0.15, -0.1) is 0 Å². The van der Waals surface area contributed by atoms with Gasteiger partial charge in [-0.05, 0) is 45.7 Å². The van der Waals surface area contributed by atoms with Gasteiger partial charge in [0.05, 0.1) is 11.9 Å². The predicted molar refractivity (Wildman–Crippen MR) is 89.0 cm³/mol. The third-order valence-electron chi connectivity index (χ3n) is 3.51. The first-order valence-electron chi connectivity index (χ1n) is 8.11. The highest BCUT2D eigenvalue weighted by molar-refractivity contribution is 5.42. The van der Waals surface area contributed by atoms with Crippen LogP contribution in [0.25, 0.3) is 0 Å². The Morgan fingerprint density at radius 2 is 2.00 bits per heavy atom. The fourth-order valence-corrected chi connectivity index (χ4v) is 2.26. The Balaban J connectivity index is 2.41. The van der Waals surface area contributed by atoms with Gasteiger partial charge in [0.15, 0.2) is 0 Å². The third-order valence-corrected chi connectivity index (χ3v) is 3.51. The largest absolute Gasteiger partial charge is 0.371 e. The second kappa shape index (κ2) is 9.55. The normalized spacial score (nSPS) is 11.1. The van der Waals surface area contributed by atoms with Gasteiger partial charge in [0.25, 0.3) is 5.56 Å². The summed E-state index contributed by atoms with van der Waals surface area (Å²) in [6, 6.07) is 1.69. The van der Waals surface area contributed by atoms with Crippen molar-refractivity contribution >= 4 is 5.69 Å². The smallest absolute Gasteiger partial charge is 0.268 e. The SMILES string of the molecule is CCN(CC)c1cnn(CCCCNCC(C)C)c(=O)c1. The molecule has 0 aromatic carbocycles. The van der Waals surface area contributed by atoms with Crippen LogP contribution in [0.3, 0.4) is 0 Å². The lowest BCUT2D eigenvalue weighted by molar-refractivity contribution is 0.495. The van der Waals surface area contributed by atoms with E-state index in [1.54, 1.807) is 16.9 Å². The average Bonchev–Trinajstić information content (AvgIpc) is 2.45. The molecule has 0 amide bonds. The van der Waals surface area contributed by atoms with E-state index in [4.69, 9.17) is 0 Å². The van der Waals surface area contributed by atoms with Crippen molar-refractivity contribution in [1.29, 1.82) is 0 Å². The highest BCUT2D eigenvalue weighted by atomic mass is 16.1. The monoisotopic (exact) mass is 294 g/mol. The average molecular weight is 294 g/mol. The molecule has 5 heteroatoms. The summed E-state index contributed by atoms with van der Waals surface area (Å²) in [4.78, 5) is 14.2. The summed E-state index contributed by atoms with van der Waals surface area (Å²) in [5, 5.41) is 7.69. The van der Waals surface area contributed by atoms with Crippen LogP contribution < -0.4 is 15.8 Å². The van der Waals surface area contributed by atoms with Crippen molar-refractivity contribution in [3.05, 3.63) is 22.6 Å². The van der Waals surface area contributed by atoms with Crippen LogP contribution in [0.4, 0.5) is 5.69 Å². The number of nitrogens with one attached hydrogen (secondary N) is 1. The number of hydrogen-bond acceptors (Lipinski definition) is 4. The van der Waals surface area contributed by atoms with Gasteiger partial charge in [0.1, 0.15) is 0 Å². The summed E-state index contributed by atoms with van der Waals surface area (Å²) in [7, 11) is 0. The molecule has 120 valence electrons. The summed E-state index contributed by atoms with van der Waals surface area (Å²) >= 11 is 0. The number of hydrogen-bond donors (Lipinski definition) is 1. The van der Waals surface area contributed by atoms with E-state index >= 15 is 0 Å². The molecule has 0 atom stereocenters. The van der Waals surface area contributed by atoms with Crippen LogP contribution in [0.1, 0.15) is 40.5 Å². The van der Waals surface area contributed by atoms with Crippen molar-refractivity contribution in [3.63, 3.8) is 0 Å². The topological polar surface area (TPSA) is 50.2 Å². The Hall–Kier alpha value is -1.36. The molecule has 1 aromatic heterocycles. The maximum atomic E-state index is 12.0. The van der Waals surface area contributed by atoms with Crippen LogP contribution in [-0.2, 0) is 6.54 Å². The molecule has 1 N–H and O–H groups in total. The number of aryl methyl sites for hydroxylation is 1. The molecule has 0 fully saturated rings. The molecule has 0 aliphatic rings. The number of nitrogens with zero attached hydrogens (tertiary/aromatic N) is 3. The molecule has 0 saturated heterocycles. The third kappa shape index (κ3) is 6.29. The summed E-state index contributed by atoms with van der Waals surface area (Å²) in [6.07, 6.45) is 3.84. The fraction of sp³-hybridized carbons (Fsp3) is 0.750. The highest BCUT2D eigenvalue weighted by Gasteiger charge is 2.05. The van der Waals surface area contributed by atoms with Crippen molar-refractivity contribution in [3.8, 4) is 0 Å². The van der Waals surface area contributed by atoms with E-state index in [1.807, 2.05) is 0 Å².